The molecule has 2 aromatic heterocycles. The summed E-state index contributed by atoms with van der Waals surface area (Å²) in [6, 6.07) is 1.19. The van der Waals surface area contributed by atoms with E-state index in [0.29, 0.717) is 49.5 Å². The highest BCUT2D eigenvalue weighted by Gasteiger charge is 2.40. The third-order valence-corrected chi connectivity index (χ3v) is 8.46. The van der Waals surface area contributed by atoms with Crippen LogP contribution in [0.15, 0.2) is 25.2 Å². The highest BCUT2D eigenvalue weighted by Crippen LogP contribution is 2.34. The Morgan fingerprint density at radius 1 is 1.19 bits per heavy atom. The number of nitrogens with one attached hydrogen (secondary N) is 1. The van der Waals surface area contributed by atoms with E-state index in [-0.39, 0.29) is 22.4 Å². The summed E-state index contributed by atoms with van der Waals surface area (Å²) in [6.07, 6.45) is 6.31. The minimum absolute atomic E-state index is 0.0670. The number of sulfonamides is 1. The monoisotopic (exact) mass is 448 g/mol. The molecule has 1 aliphatic heterocycles. The number of aryl methyl sites for hydroxylation is 1. The molecule has 2 saturated carbocycles. The van der Waals surface area contributed by atoms with Crippen molar-refractivity contribution < 1.29 is 17.7 Å². The summed E-state index contributed by atoms with van der Waals surface area (Å²) in [4.78, 5) is 36.5. The molecule has 3 aliphatic rings. The van der Waals surface area contributed by atoms with Gasteiger partial charge in [0, 0.05) is 32.0 Å². The van der Waals surface area contributed by atoms with Crippen LogP contribution in [0, 0.1) is 5.92 Å². The Labute approximate surface area is 178 Å². The smallest absolute Gasteiger partial charge is 0.337 e. The Morgan fingerprint density at radius 2 is 1.94 bits per heavy atom. The molecular formula is C20H24N4O6S. The Bertz CT molecular complexity index is 1250. The maximum atomic E-state index is 12.6. The number of piperidine rings is 1. The molecule has 11 heteroatoms. The van der Waals surface area contributed by atoms with Crippen molar-refractivity contribution in [1.29, 1.82) is 0 Å². The van der Waals surface area contributed by atoms with Crippen LogP contribution in [0.25, 0.3) is 11.1 Å². The highest BCUT2D eigenvalue weighted by atomic mass is 32.2. The lowest BCUT2D eigenvalue weighted by molar-refractivity contribution is 0.303. The van der Waals surface area contributed by atoms with Gasteiger partial charge in [-0.25, -0.2) is 17.5 Å². The number of nitrogens with zero attached hydrogens (tertiary/aromatic N) is 3. The molecule has 5 rings (SSSR count). The van der Waals surface area contributed by atoms with E-state index in [2.05, 4.69) is 15.1 Å². The SMILES string of the molecule is O=c1cc(CCC2CC2)c2c(=O)[nH]c(ON=C3CCN(S(=O)(=O)C4CC4)CC3)nc2o1. The average Bonchev–Trinajstić information content (AvgIpc) is 3.63. The zero-order valence-corrected chi connectivity index (χ0v) is 17.8. The molecule has 31 heavy (non-hydrogen) atoms. The summed E-state index contributed by atoms with van der Waals surface area (Å²) < 4.78 is 31.3. The number of fused-ring (bicyclic) bond motifs is 1. The van der Waals surface area contributed by atoms with Gasteiger partial charge in [-0.15, -0.1) is 0 Å². The molecule has 0 radical (unpaired) electrons. The van der Waals surface area contributed by atoms with Crippen molar-refractivity contribution in [3.05, 3.63) is 32.4 Å². The third-order valence-electron chi connectivity index (χ3n) is 6.06. The summed E-state index contributed by atoms with van der Waals surface area (Å²) in [5.41, 5.74) is 0.249. The number of rotatable bonds is 7. The van der Waals surface area contributed by atoms with Crippen molar-refractivity contribution in [2.45, 2.75) is 56.6 Å². The van der Waals surface area contributed by atoms with Gasteiger partial charge in [-0.05, 0) is 37.2 Å². The lowest BCUT2D eigenvalue weighted by atomic mass is 10.1. The number of aromatic nitrogens is 2. The molecular weight excluding hydrogens is 424 g/mol. The van der Waals surface area contributed by atoms with Gasteiger partial charge in [0.05, 0.1) is 11.0 Å². The van der Waals surface area contributed by atoms with Gasteiger partial charge in [-0.3, -0.25) is 9.78 Å². The van der Waals surface area contributed by atoms with Crippen molar-refractivity contribution in [3.63, 3.8) is 0 Å². The van der Waals surface area contributed by atoms with Crippen molar-refractivity contribution >= 4 is 26.8 Å². The van der Waals surface area contributed by atoms with Crippen molar-refractivity contribution in [1.82, 2.24) is 14.3 Å². The van der Waals surface area contributed by atoms with Gasteiger partial charge in [0.2, 0.25) is 15.7 Å². The zero-order valence-electron chi connectivity index (χ0n) is 17.0. The van der Waals surface area contributed by atoms with Gasteiger partial charge >= 0.3 is 11.6 Å². The van der Waals surface area contributed by atoms with Crippen LogP contribution in [-0.4, -0.2) is 46.7 Å². The van der Waals surface area contributed by atoms with Crippen LogP contribution in [0.3, 0.4) is 0 Å². The van der Waals surface area contributed by atoms with Crippen molar-refractivity contribution in [2.24, 2.45) is 11.1 Å². The largest absolute Gasteiger partial charge is 0.403 e. The molecule has 0 atom stereocenters. The van der Waals surface area contributed by atoms with Crippen LogP contribution >= 0.6 is 0 Å². The number of hydrogen-bond donors (Lipinski definition) is 1. The number of hydrogen-bond acceptors (Lipinski definition) is 8. The second kappa shape index (κ2) is 7.86. The summed E-state index contributed by atoms with van der Waals surface area (Å²) in [5, 5.41) is 4.07. The van der Waals surface area contributed by atoms with Crippen LogP contribution in [0.1, 0.15) is 50.5 Å². The van der Waals surface area contributed by atoms with Gasteiger partial charge in [0.25, 0.3) is 5.56 Å². The van der Waals surface area contributed by atoms with E-state index >= 15 is 0 Å². The topological polar surface area (TPSA) is 135 Å². The molecule has 10 nitrogen and oxygen atoms in total. The predicted molar refractivity (Wildman–Crippen MR) is 113 cm³/mol. The van der Waals surface area contributed by atoms with Crippen LogP contribution in [0.2, 0.25) is 0 Å². The quantitative estimate of drug-likeness (QED) is 0.635. The van der Waals surface area contributed by atoms with Crippen LogP contribution in [-0.2, 0) is 16.4 Å². The molecule has 2 aliphatic carbocycles. The van der Waals surface area contributed by atoms with Gasteiger partial charge in [-0.2, -0.15) is 4.98 Å². The van der Waals surface area contributed by atoms with E-state index in [1.807, 2.05) is 0 Å². The molecule has 3 heterocycles. The fourth-order valence-electron chi connectivity index (χ4n) is 3.91. The van der Waals surface area contributed by atoms with Gasteiger partial charge in [-0.1, -0.05) is 18.0 Å². The van der Waals surface area contributed by atoms with E-state index in [0.717, 1.165) is 19.3 Å². The molecule has 0 bridgehead atoms. The standard InChI is InChI=1S/C20H24N4O6S/c25-16-11-13(4-3-12-1-2-12)17-18(26)21-20(22-19(17)29-16)30-23-14-7-9-24(10-8-14)31(27,28)15-5-6-15/h11-12,15H,1-10H2,(H,21,22,26). The molecule has 0 amide bonds. The minimum atomic E-state index is -3.19. The molecule has 0 spiro atoms. The van der Waals surface area contributed by atoms with Crippen LogP contribution in [0.5, 0.6) is 6.01 Å². The van der Waals surface area contributed by atoms with Crippen molar-refractivity contribution in [3.8, 4) is 6.01 Å². The van der Waals surface area contributed by atoms with Crippen molar-refractivity contribution in [2.75, 3.05) is 13.1 Å². The first kappa shape index (κ1) is 20.4. The summed E-state index contributed by atoms with van der Waals surface area (Å²) >= 11 is 0. The fraction of sp³-hybridized carbons (Fsp3) is 0.600. The van der Waals surface area contributed by atoms with E-state index in [4.69, 9.17) is 9.25 Å². The van der Waals surface area contributed by atoms with Gasteiger partial charge < -0.3 is 9.25 Å². The van der Waals surface area contributed by atoms with E-state index in [1.165, 1.54) is 23.2 Å². The van der Waals surface area contributed by atoms with Gasteiger partial charge in [0.1, 0.15) is 5.39 Å². The lowest BCUT2D eigenvalue weighted by Gasteiger charge is -2.26. The fourth-order valence-corrected chi connectivity index (χ4v) is 5.76. The Hall–Kier alpha value is -2.53. The lowest BCUT2D eigenvalue weighted by Crippen LogP contribution is -2.40. The first-order chi connectivity index (χ1) is 14.9. The van der Waals surface area contributed by atoms with E-state index < -0.39 is 21.2 Å². The maximum Gasteiger partial charge on any atom is 0.337 e. The van der Waals surface area contributed by atoms with Crippen LogP contribution in [0.4, 0.5) is 0 Å². The molecule has 0 aromatic carbocycles. The van der Waals surface area contributed by atoms with E-state index in [9.17, 15) is 18.0 Å². The highest BCUT2D eigenvalue weighted by molar-refractivity contribution is 7.90. The number of H-pyrrole nitrogens is 1. The number of oxime groups is 1. The summed E-state index contributed by atoms with van der Waals surface area (Å²) in [7, 11) is -3.19. The number of aromatic amines is 1. The zero-order chi connectivity index (χ0) is 21.6. The minimum Gasteiger partial charge on any atom is -0.403 e. The normalized spacial score (nSPS) is 20.2. The Kier molecular flexibility index (Phi) is 5.17. The Balaban J connectivity index is 1.30. The first-order valence-electron chi connectivity index (χ1n) is 10.7. The average molecular weight is 449 g/mol. The Morgan fingerprint density at radius 3 is 2.61 bits per heavy atom. The third kappa shape index (κ3) is 4.42. The van der Waals surface area contributed by atoms with E-state index in [1.54, 1.807) is 0 Å². The summed E-state index contributed by atoms with van der Waals surface area (Å²) in [5.74, 6) is 0.665. The predicted octanol–water partition coefficient (Wildman–Crippen LogP) is 1.54. The maximum absolute atomic E-state index is 12.6. The molecule has 2 aromatic rings. The van der Waals surface area contributed by atoms with Crippen LogP contribution < -0.4 is 16.0 Å². The second-order valence-electron chi connectivity index (χ2n) is 8.52. The first-order valence-corrected chi connectivity index (χ1v) is 12.2. The molecule has 166 valence electrons. The molecule has 1 N–H and O–H groups in total. The molecule has 0 unspecified atom stereocenters. The van der Waals surface area contributed by atoms with Gasteiger partial charge in [0.15, 0.2) is 0 Å². The second-order valence-corrected chi connectivity index (χ2v) is 10.7. The molecule has 3 fully saturated rings. The molecule has 1 saturated heterocycles. The summed E-state index contributed by atoms with van der Waals surface area (Å²) in [6.45, 7) is 0.726.